The Morgan fingerprint density at radius 2 is 1.66 bits per heavy atom. The van der Waals surface area contributed by atoms with Gasteiger partial charge in [-0.05, 0) is 48.2 Å². The molecule has 1 atom stereocenters. The number of nitrogens with one attached hydrogen (secondary N) is 1. The molecule has 0 bridgehead atoms. The zero-order chi connectivity index (χ0) is 27.7. The minimum atomic E-state index is -3.55. The van der Waals surface area contributed by atoms with E-state index < -0.39 is 16.1 Å². The Kier molecular flexibility index (Phi) is 10.3. The van der Waals surface area contributed by atoms with Crippen LogP contribution in [0.5, 0.6) is 0 Å². The molecule has 0 fully saturated rings. The van der Waals surface area contributed by atoms with Crippen molar-refractivity contribution in [2.75, 3.05) is 24.2 Å². The molecule has 3 aromatic carbocycles. The third kappa shape index (κ3) is 8.07. The predicted octanol–water partition coefficient (Wildman–Crippen LogP) is 4.58. The Morgan fingerprint density at radius 1 is 0.974 bits per heavy atom. The van der Waals surface area contributed by atoms with Gasteiger partial charge in [0.1, 0.15) is 6.04 Å². The second-order valence-corrected chi connectivity index (χ2v) is 11.5. The van der Waals surface area contributed by atoms with Crippen LogP contribution in [0.2, 0.25) is 5.02 Å². The lowest BCUT2D eigenvalue weighted by Gasteiger charge is -2.32. The largest absolute Gasteiger partial charge is 0.357 e. The fourth-order valence-corrected chi connectivity index (χ4v) is 5.47. The highest BCUT2D eigenvalue weighted by molar-refractivity contribution is 7.92. The summed E-state index contributed by atoms with van der Waals surface area (Å²) in [5, 5.41) is 3.19. The molecule has 3 rings (SSSR count). The van der Waals surface area contributed by atoms with Gasteiger partial charge >= 0.3 is 0 Å². The summed E-state index contributed by atoms with van der Waals surface area (Å²) in [5.41, 5.74) is 3.13. The number of sulfonamides is 1. The van der Waals surface area contributed by atoms with Crippen molar-refractivity contribution in [1.29, 1.82) is 0 Å². The fraction of sp³-hybridized carbons (Fsp3) is 0.310. The highest BCUT2D eigenvalue weighted by Crippen LogP contribution is 2.23. The molecule has 1 N–H and O–H groups in total. The molecule has 0 saturated carbocycles. The number of rotatable bonds is 12. The van der Waals surface area contributed by atoms with Crippen LogP contribution < -0.4 is 9.62 Å². The first-order valence-corrected chi connectivity index (χ1v) is 14.7. The van der Waals surface area contributed by atoms with E-state index in [0.717, 1.165) is 22.9 Å². The van der Waals surface area contributed by atoms with Crippen LogP contribution in [-0.2, 0) is 32.6 Å². The lowest BCUT2D eigenvalue weighted by Crippen LogP contribution is -2.49. The molecular formula is C29H34ClN3O4S. The SMILES string of the molecule is CNC(=O)[C@@H](Cc1ccccc1)N(Cc1ccccc1Cl)C(=O)CCCN(c1cccc(C)c1)S(C)(=O)=O. The summed E-state index contributed by atoms with van der Waals surface area (Å²) in [6.45, 7) is 2.18. The van der Waals surface area contributed by atoms with Crippen molar-refractivity contribution >= 4 is 39.1 Å². The molecule has 2 amide bonds. The first-order chi connectivity index (χ1) is 18.1. The summed E-state index contributed by atoms with van der Waals surface area (Å²) < 4.78 is 26.4. The number of likely N-dealkylation sites (N-methyl/N-ethyl adjacent to an activating group) is 1. The number of nitrogens with zero attached hydrogens (tertiary/aromatic N) is 2. The van der Waals surface area contributed by atoms with Crippen LogP contribution in [-0.4, -0.2) is 51.0 Å². The number of hydrogen-bond donors (Lipinski definition) is 1. The topological polar surface area (TPSA) is 86.8 Å². The number of halogens is 1. The lowest BCUT2D eigenvalue weighted by atomic mass is 10.0. The monoisotopic (exact) mass is 555 g/mol. The molecule has 0 saturated heterocycles. The van der Waals surface area contributed by atoms with Gasteiger partial charge in [0.15, 0.2) is 0 Å². The number of amides is 2. The Hall–Kier alpha value is -3.36. The summed E-state index contributed by atoms with van der Waals surface area (Å²) in [4.78, 5) is 28.3. The standard InChI is InChI=1S/C29H34ClN3O4S/c1-22-11-9-15-25(19-22)33(38(3,36)37)18-10-17-28(34)32(21-24-14-7-8-16-26(24)30)27(29(35)31-2)20-23-12-5-4-6-13-23/h4-9,11-16,19,27H,10,17-18,20-21H2,1-3H3,(H,31,35)/t27-/m1/s1. The quantitative estimate of drug-likeness (QED) is 0.354. The van der Waals surface area contributed by atoms with Crippen LogP contribution in [0.25, 0.3) is 0 Å². The number of anilines is 1. The number of carbonyl (C=O) groups is 2. The van der Waals surface area contributed by atoms with Crippen molar-refractivity contribution in [1.82, 2.24) is 10.2 Å². The second-order valence-electron chi connectivity index (χ2n) is 9.21. The first kappa shape index (κ1) is 29.2. The van der Waals surface area contributed by atoms with E-state index in [-0.39, 0.29) is 37.7 Å². The highest BCUT2D eigenvalue weighted by Gasteiger charge is 2.30. The number of benzene rings is 3. The van der Waals surface area contributed by atoms with Crippen LogP contribution in [0.4, 0.5) is 5.69 Å². The smallest absolute Gasteiger partial charge is 0.242 e. The third-order valence-electron chi connectivity index (χ3n) is 6.26. The molecule has 0 spiro atoms. The van der Waals surface area contributed by atoms with E-state index in [2.05, 4.69) is 5.32 Å². The van der Waals surface area contributed by atoms with Crippen molar-refractivity contribution in [3.63, 3.8) is 0 Å². The van der Waals surface area contributed by atoms with E-state index in [9.17, 15) is 18.0 Å². The molecule has 0 aliphatic carbocycles. The molecule has 0 aliphatic heterocycles. The minimum absolute atomic E-state index is 0.0601. The number of hydrogen-bond acceptors (Lipinski definition) is 4. The maximum absolute atomic E-state index is 13.7. The van der Waals surface area contributed by atoms with Gasteiger partial charge in [-0.25, -0.2) is 8.42 Å². The van der Waals surface area contributed by atoms with E-state index in [1.807, 2.05) is 61.5 Å². The third-order valence-corrected chi connectivity index (χ3v) is 7.82. The van der Waals surface area contributed by atoms with Gasteiger partial charge in [-0.1, -0.05) is 72.3 Å². The van der Waals surface area contributed by atoms with Crippen LogP contribution in [0.1, 0.15) is 29.5 Å². The molecule has 0 heterocycles. The Balaban J connectivity index is 1.85. The van der Waals surface area contributed by atoms with Gasteiger partial charge in [0.25, 0.3) is 0 Å². The fourth-order valence-electron chi connectivity index (χ4n) is 4.32. The number of aryl methyl sites for hydroxylation is 1. The zero-order valence-corrected chi connectivity index (χ0v) is 23.5. The molecule has 3 aromatic rings. The van der Waals surface area contributed by atoms with Crippen molar-refractivity contribution < 1.29 is 18.0 Å². The van der Waals surface area contributed by atoms with Crippen molar-refractivity contribution in [3.8, 4) is 0 Å². The molecule has 38 heavy (non-hydrogen) atoms. The van der Waals surface area contributed by atoms with Gasteiger partial charge in [0, 0.05) is 38.0 Å². The normalized spacial score (nSPS) is 12.0. The molecule has 0 aromatic heterocycles. The van der Waals surface area contributed by atoms with Gasteiger partial charge in [0.2, 0.25) is 21.8 Å². The molecular weight excluding hydrogens is 522 g/mol. The summed E-state index contributed by atoms with van der Waals surface area (Å²) in [5.74, 6) is -0.543. The van der Waals surface area contributed by atoms with E-state index in [1.54, 1.807) is 36.2 Å². The van der Waals surface area contributed by atoms with E-state index in [0.29, 0.717) is 17.1 Å². The summed E-state index contributed by atoms with van der Waals surface area (Å²) in [7, 11) is -2.01. The zero-order valence-electron chi connectivity index (χ0n) is 21.9. The summed E-state index contributed by atoms with van der Waals surface area (Å²) >= 11 is 6.42. The summed E-state index contributed by atoms with van der Waals surface area (Å²) in [6, 6.07) is 23.2. The Bertz CT molecular complexity index is 1350. The van der Waals surface area contributed by atoms with Gasteiger partial charge in [-0.15, -0.1) is 0 Å². The lowest BCUT2D eigenvalue weighted by molar-refractivity contribution is -0.141. The van der Waals surface area contributed by atoms with Gasteiger partial charge < -0.3 is 10.2 Å². The molecule has 0 unspecified atom stereocenters. The van der Waals surface area contributed by atoms with Crippen LogP contribution in [0.3, 0.4) is 0 Å². The molecule has 202 valence electrons. The maximum Gasteiger partial charge on any atom is 0.242 e. The van der Waals surface area contributed by atoms with Crippen molar-refractivity contribution in [2.24, 2.45) is 0 Å². The van der Waals surface area contributed by atoms with Crippen LogP contribution in [0.15, 0.2) is 78.9 Å². The van der Waals surface area contributed by atoms with Crippen LogP contribution >= 0.6 is 11.6 Å². The average Bonchev–Trinajstić information content (AvgIpc) is 2.89. The van der Waals surface area contributed by atoms with E-state index in [4.69, 9.17) is 11.6 Å². The van der Waals surface area contributed by atoms with Gasteiger partial charge in [0.05, 0.1) is 11.9 Å². The van der Waals surface area contributed by atoms with Gasteiger partial charge in [-0.3, -0.25) is 13.9 Å². The van der Waals surface area contributed by atoms with Gasteiger partial charge in [-0.2, -0.15) is 0 Å². The average molecular weight is 556 g/mol. The molecule has 7 nitrogen and oxygen atoms in total. The Morgan fingerprint density at radius 3 is 2.29 bits per heavy atom. The highest BCUT2D eigenvalue weighted by atomic mass is 35.5. The second kappa shape index (κ2) is 13.4. The van der Waals surface area contributed by atoms with E-state index >= 15 is 0 Å². The minimum Gasteiger partial charge on any atom is -0.357 e. The predicted molar refractivity (Wildman–Crippen MR) is 153 cm³/mol. The van der Waals surface area contributed by atoms with Crippen LogP contribution in [0, 0.1) is 6.92 Å². The van der Waals surface area contributed by atoms with Crippen molar-refractivity contribution in [2.45, 2.75) is 38.8 Å². The van der Waals surface area contributed by atoms with Crippen molar-refractivity contribution in [3.05, 3.63) is 101 Å². The maximum atomic E-state index is 13.7. The molecule has 9 heteroatoms. The first-order valence-electron chi connectivity index (χ1n) is 12.4. The Labute approximate surface area is 230 Å². The number of carbonyl (C=O) groups excluding carboxylic acids is 2. The molecule has 0 aliphatic rings. The van der Waals surface area contributed by atoms with E-state index in [1.165, 1.54) is 4.31 Å². The molecule has 0 radical (unpaired) electrons. The summed E-state index contributed by atoms with van der Waals surface area (Å²) in [6.07, 6.45) is 1.83.